The maximum atomic E-state index is 10.2. The number of piperazine rings is 1. The normalized spacial score (nSPS) is 17.7. The van der Waals surface area contributed by atoms with Crippen molar-refractivity contribution < 1.29 is 14.6 Å². The van der Waals surface area contributed by atoms with E-state index in [-0.39, 0.29) is 0 Å². The van der Waals surface area contributed by atoms with Crippen molar-refractivity contribution in [2.24, 2.45) is 0 Å². The van der Waals surface area contributed by atoms with E-state index in [9.17, 15) is 5.11 Å². The Bertz CT molecular complexity index is 921. The number of hydrogen-bond acceptors (Lipinski definition) is 9. The van der Waals surface area contributed by atoms with Crippen molar-refractivity contribution in [3.05, 3.63) is 30.5 Å². The van der Waals surface area contributed by atoms with Crippen LogP contribution in [0.2, 0.25) is 0 Å². The van der Waals surface area contributed by atoms with Gasteiger partial charge in [-0.05, 0) is 64.4 Å². The molecule has 2 aromatic rings. The molecule has 2 N–H and O–H groups in total. The monoisotopic (exact) mass is 470 g/mol. The molecule has 0 amide bonds. The Morgan fingerprint density at radius 3 is 2.50 bits per heavy atom. The van der Waals surface area contributed by atoms with E-state index in [4.69, 9.17) is 14.5 Å². The molecule has 2 saturated heterocycles. The van der Waals surface area contributed by atoms with Crippen molar-refractivity contribution in [2.45, 2.75) is 38.8 Å². The lowest BCUT2D eigenvalue weighted by atomic mass is 10.2. The lowest BCUT2D eigenvalue weighted by molar-refractivity contribution is -0.0802. The summed E-state index contributed by atoms with van der Waals surface area (Å²) < 4.78 is 11.5. The molecule has 0 spiro atoms. The Kier molecular flexibility index (Phi) is 8.07. The predicted molar refractivity (Wildman–Crippen MR) is 134 cm³/mol. The predicted octanol–water partition coefficient (Wildman–Crippen LogP) is 2.94. The van der Waals surface area contributed by atoms with Gasteiger partial charge in [0.15, 0.2) is 11.5 Å². The number of nitrogens with zero attached hydrogens (tertiary/aromatic N) is 5. The second-order valence-corrected chi connectivity index (χ2v) is 9.45. The van der Waals surface area contributed by atoms with Gasteiger partial charge in [-0.1, -0.05) is 0 Å². The molecule has 186 valence electrons. The molecule has 0 unspecified atom stereocenters. The van der Waals surface area contributed by atoms with Gasteiger partial charge in [-0.2, -0.15) is 4.98 Å². The van der Waals surface area contributed by atoms with Crippen molar-refractivity contribution in [1.29, 1.82) is 0 Å². The minimum Gasteiger partial charge on any atom is -0.493 e. The summed E-state index contributed by atoms with van der Waals surface area (Å²) in [6.07, 6.45) is 5.38. The van der Waals surface area contributed by atoms with Crippen LogP contribution >= 0.6 is 0 Å². The highest BCUT2D eigenvalue weighted by Gasteiger charge is 2.28. The van der Waals surface area contributed by atoms with Crippen LogP contribution < -0.4 is 19.7 Å². The number of aliphatic hydroxyl groups is 1. The van der Waals surface area contributed by atoms with Crippen LogP contribution in [0.5, 0.6) is 11.5 Å². The average Bonchev–Trinajstić information content (AvgIpc) is 3.35. The first kappa shape index (κ1) is 24.5. The molecule has 34 heavy (non-hydrogen) atoms. The third-order valence-electron chi connectivity index (χ3n) is 6.51. The van der Waals surface area contributed by atoms with Crippen molar-refractivity contribution in [1.82, 2.24) is 19.8 Å². The molecular formula is C25H38N6O3. The molecule has 0 atom stereocenters. The van der Waals surface area contributed by atoms with E-state index in [0.29, 0.717) is 24.1 Å². The van der Waals surface area contributed by atoms with Gasteiger partial charge in [0.05, 0.1) is 13.7 Å². The topological polar surface area (TPSA) is 86.2 Å². The molecule has 2 aliphatic heterocycles. The summed E-state index contributed by atoms with van der Waals surface area (Å²) in [5.74, 6) is 2.84. The van der Waals surface area contributed by atoms with Crippen LogP contribution in [-0.4, -0.2) is 90.1 Å². The van der Waals surface area contributed by atoms with E-state index < -0.39 is 5.72 Å². The number of aromatic nitrogens is 2. The van der Waals surface area contributed by atoms with Crippen molar-refractivity contribution in [3.63, 3.8) is 0 Å². The smallest absolute Gasteiger partial charge is 0.229 e. The highest BCUT2D eigenvalue weighted by atomic mass is 16.5. The molecule has 0 aliphatic carbocycles. The summed E-state index contributed by atoms with van der Waals surface area (Å²) in [6.45, 7) is 11.0. The molecule has 3 heterocycles. The van der Waals surface area contributed by atoms with Crippen molar-refractivity contribution in [2.75, 3.05) is 69.7 Å². The van der Waals surface area contributed by atoms with Gasteiger partial charge in [0, 0.05) is 50.7 Å². The van der Waals surface area contributed by atoms with E-state index in [1.54, 1.807) is 13.3 Å². The number of benzene rings is 1. The van der Waals surface area contributed by atoms with Crippen LogP contribution in [0.4, 0.5) is 17.5 Å². The van der Waals surface area contributed by atoms with Crippen molar-refractivity contribution in [3.8, 4) is 11.5 Å². The first-order chi connectivity index (χ1) is 16.4. The molecule has 1 aromatic carbocycles. The molecule has 9 nitrogen and oxygen atoms in total. The fourth-order valence-electron chi connectivity index (χ4n) is 4.54. The number of methoxy groups -OCH3 is 1. The Hall–Kier alpha value is -2.62. The average molecular weight is 471 g/mol. The fourth-order valence-corrected chi connectivity index (χ4v) is 4.54. The van der Waals surface area contributed by atoms with Gasteiger partial charge < -0.3 is 29.7 Å². The van der Waals surface area contributed by atoms with Gasteiger partial charge in [-0.15, -0.1) is 0 Å². The standard InChI is InChI=1S/C25H38N6O3/c1-25(2,32)31-16-14-30(15-17-31)23-9-10-26-24(28-23)27-20-7-8-21(33-3)22(19-20)34-18-6-13-29-11-4-5-12-29/h7-10,19,32H,4-6,11-18H2,1-3H3,(H,26,27,28). The Morgan fingerprint density at radius 2 is 1.79 bits per heavy atom. The van der Waals surface area contributed by atoms with Crippen LogP contribution in [0.15, 0.2) is 30.5 Å². The maximum Gasteiger partial charge on any atom is 0.229 e. The second-order valence-electron chi connectivity index (χ2n) is 9.45. The summed E-state index contributed by atoms with van der Waals surface area (Å²) in [5.41, 5.74) is 0.0478. The lowest BCUT2D eigenvalue weighted by Gasteiger charge is -2.41. The Labute approximate surface area is 202 Å². The van der Waals surface area contributed by atoms with Gasteiger partial charge in [-0.25, -0.2) is 4.98 Å². The number of anilines is 3. The maximum absolute atomic E-state index is 10.2. The van der Waals surface area contributed by atoms with Gasteiger partial charge in [-0.3, -0.25) is 4.90 Å². The number of nitrogens with one attached hydrogen (secondary N) is 1. The van der Waals surface area contributed by atoms with Crippen LogP contribution in [0.3, 0.4) is 0 Å². The summed E-state index contributed by atoms with van der Waals surface area (Å²) in [7, 11) is 1.66. The third-order valence-corrected chi connectivity index (χ3v) is 6.51. The van der Waals surface area contributed by atoms with Gasteiger partial charge in [0.25, 0.3) is 0 Å². The van der Waals surface area contributed by atoms with Gasteiger partial charge >= 0.3 is 0 Å². The number of hydrogen-bond donors (Lipinski definition) is 2. The molecule has 2 fully saturated rings. The molecule has 0 radical (unpaired) electrons. The van der Waals surface area contributed by atoms with E-state index in [1.807, 2.05) is 38.1 Å². The largest absolute Gasteiger partial charge is 0.493 e. The molecule has 0 bridgehead atoms. The minimum absolute atomic E-state index is 0.535. The highest BCUT2D eigenvalue weighted by Crippen LogP contribution is 2.31. The number of ether oxygens (including phenoxy) is 2. The second kappa shape index (κ2) is 11.2. The SMILES string of the molecule is COc1ccc(Nc2nccc(N3CCN(C(C)(C)O)CC3)n2)cc1OCCCN1CCCC1. The zero-order valence-corrected chi connectivity index (χ0v) is 20.7. The zero-order valence-electron chi connectivity index (χ0n) is 20.7. The van der Waals surface area contributed by atoms with Crippen LogP contribution in [-0.2, 0) is 0 Å². The molecular weight excluding hydrogens is 432 g/mol. The number of likely N-dealkylation sites (tertiary alicyclic amines) is 1. The zero-order chi connectivity index (χ0) is 24.0. The van der Waals surface area contributed by atoms with E-state index >= 15 is 0 Å². The van der Waals surface area contributed by atoms with Gasteiger partial charge in [0.1, 0.15) is 11.5 Å². The fraction of sp³-hybridized carbons (Fsp3) is 0.600. The third kappa shape index (κ3) is 6.49. The first-order valence-corrected chi connectivity index (χ1v) is 12.3. The first-order valence-electron chi connectivity index (χ1n) is 12.3. The molecule has 9 heteroatoms. The van der Waals surface area contributed by atoms with Crippen LogP contribution in [0, 0.1) is 0 Å². The lowest BCUT2D eigenvalue weighted by Crippen LogP contribution is -2.54. The minimum atomic E-state index is -0.799. The van der Waals surface area contributed by atoms with E-state index in [0.717, 1.165) is 50.6 Å². The van der Waals surface area contributed by atoms with Gasteiger partial charge in [0.2, 0.25) is 5.95 Å². The Balaban J connectivity index is 1.35. The highest BCUT2D eigenvalue weighted by molar-refractivity contribution is 5.60. The molecule has 2 aliphatic rings. The summed E-state index contributed by atoms with van der Waals surface area (Å²) in [6, 6.07) is 7.70. The Morgan fingerprint density at radius 1 is 1.03 bits per heavy atom. The van der Waals surface area contributed by atoms with Crippen LogP contribution in [0.25, 0.3) is 0 Å². The van der Waals surface area contributed by atoms with E-state index in [1.165, 1.54) is 25.9 Å². The molecule has 1 aromatic heterocycles. The van der Waals surface area contributed by atoms with Crippen molar-refractivity contribution >= 4 is 17.5 Å². The summed E-state index contributed by atoms with van der Waals surface area (Å²) in [5, 5.41) is 13.5. The molecule has 4 rings (SSSR count). The summed E-state index contributed by atoms with van der Waals surface area (Å²) in [4.78, 5) is 15.9. The quantitative estimate of drug-likeness (QED) is 0.509. The number of rotatable bonds is 10. The molecule has 0 saturated carbocycles. The van der Waals surface area contributed by atoms with E-state index in [2.05, 4.69) is 25.0 Å². The summed E-state index contributed by atoms with van der Waals surface area (Å²) >= 11 is 0. The van der Waals surface area contributed by atoms with Crippen LogP contribution in [0.1, 0.15) is 33.1 Å².